The largest absolute Gasteiger partial charge is 0.474 e. The first-order valence-electron chi connectivity index (χ1n) is 6.75. The molecule has 1 N–H and O–H groups in total. The van der Waals surface area contributed by atoms with Crippen LogP contribution >= 0.6 is 0 Å². The number of carbonyl (C=O) groups is 1. The first kappa shape index (κ1) is 15.5. The van der Waals surface area contributed by atoms with Gasteiger partial charge in [0, 0.05) is 11.8 Å². The second kappa shape index (κ2) is 6.71. The third kappa shape index (κ3) is 3.82. The van der Waals surface area contributed by atoms with E-state index in [-0.39, 0.29) is 17.3 Å². The molecule has 0 heterocycles. The summed E-state index contributed by atoms with van der Waals surface area (Å²) in [5, 5.41) is 13.6. The Balaban J connectivity index is 2.05. The monoisotopic (exact) mass is 300 g/mol. The van der Waals surface area contributed by atoms with Gasteiger partial charge >= 0.3 is 5.69 Å². The first-order valence-corrected chi connectivity index (χ1v) is 6.75. The lowest BCUT2D eigenvalue weighted by Gasteiger charge is -2.14. The van der Waals surface area contributed by atoms with E-state index in [1.165, 1.54) is 12.1 Å². The van der Waals surface area contributed by atoms with Crippen molar-refractivity contribution in [2.75, 3.05) is 5.32 Å². The van der Waals surface area contributed by atoms with Gasteiger partial charge in [-0.2, -0.15) is 0 Å². The summed E-state index contributed by atoms with van der Waals surface area (Å²) in [4.78, 5) is 22.5. The summed E-state index contributed by atoms with van der Waals surface area (Å²) < 4.78 is 5.41. The van der Waals surface area contributed by atoms with Crippen molar-refractivity contribution in [2.45, 2.75) is 20.0 Å². The van der Waals surface area contributed by atoms with Gasteiger partial charge < -0.3 is 10.1 Å². The lowest BCUT2D eigenvalue weighted by atomic mass is 10.2. The molecule has 114 valence electrons. The van der Waals surface area contributed by atoms with Crippen molar-refractivity contribution in [3.63, 3.8) is 0 Å². The van der Waals surface area contributed by atoms with Crippen LogP contribution in [0.4, 0.5) is 11.4 Å². The SMILES string of the molecule is Cc1ccc(NC(=O)[C@H](C)Oc2ccccc2[N+](=O)[O-])cc1. The fraction of sp³-hybridized carbons (Fsp3) is 0.188. The van der Waals surface area contributed by atoms with E-state index in [4.69, 9.17) is 4.74 Å². The zero-order valence-electron chi connectivity index (χ0n) is 12.3. The molecule has 0 bridgehead atoms. The van der Waals surface area contributed by atoms with Gasteiger partial charge in [-0.25, -0.2) is 0 Å². The minimum absolute atomic E-state index is 0.0686. The molecule has 0 fully saturated rings. The van der Waals surface area contributed by atoms with E-state index in [1.54, 1.807) is 31.2 Å². The van der Waals surface area contributed by atoms with Crippen LogP contribution in [0.1, 0.15) is 12.5 Å². The standard InChI is InChI=1S/C16H16N2O4/c1-11-7-9-13(10-8-11)17-16(19)12(2)22-15-6-4-3-5-14(15)18(20)21/h3-10,12H,1-2H3,(H,17,19)/t12-/m0/s1. The van der Waals surface area contributed by atoms with Crippen LogP contribution < -0.4 is 10.1 Å². The number of benzene rings is 2. The van der Waals surface area contributed by atoms with Crippen LogP contribution in [0, 0.1) is 17.0 Å². The number of nitro groups is 1. The topological polar surface area (TPSA) is 81.5 Å². The molecule has 2 aromatic rings. The summed E-state index contributed by atoms with van der Waals surface area (Å²) in [5.41, 5.74) is 1.56. The molecular formula is C16H16N2O4. The molecule has 2 rings (SSSR count). The molecule has 1 amide bonds. The van der Waals surface area contributed by atoms with E-state index in [9.17, 15) is 14.9 Å². The van der Waals surface area contributed by atoms with Gasteiger partial charge in [0.25, 0.3) is 5.91 Å². The summed E-state index contributed by atoms with van der Waals surface area (Å²) in [6.07, 6.45) is -0.859. The minimum Gasteiger partial charge on any atom is -0.474 e. The number of hydrogen-bond donors (Lipinski definition) is 1. The van der Waals surface area contributed by atoms with E-state index in [0.29, 0.717) is 5.69 Å². The van der Waals surface area contributed by atoms with Gasteiger partial charge in [0.05, 0.1) is 4.92 Å². The minimum atomic E-state index is -0.859. The molecule has 0 saturated heterocycles. The first-order chi connectivity index (χ1) is 10.5. The van der Waals surface area contributed by atoms with Gasteiger partial charge in [0.1, 0.15) is 0 Å². The van der Waals surface area contributed by atoms with Crippen LogP contribution in [-0.4, -0.2) is 16.9 Å². The Morgan fingerprint density at radius 3 is 2.45 bits per heavy atom. The van der Waals surface area contributed by atoms with Crippen LogP contribution in [0.25, 0.3) is 0 Å². The highest BCUT2D eigenvalue weighted by atomic mass is 16.6. The lowest BCUT2D eigenvalue weighted by Crippen LogP contribution is -2.30. The van der Waals surface area contributed by atoms with Gasteiger partial charge in [-0.05, 0) is 32.0 Å². The summed E-state index contributed by atoms with van der Waals surface area (Å²) >= 11 is 0. The Kier molecular flexibility index (Phi) is 4.73. The van der Waals surface area contributed by atoms with Crippen LogP contribution in [-0.2, 0) is 4.79 Å². The molecule has 0 radical (unpaired) electrons. The third-order valence-electron chi connectivity index (χ3n) is 3.05. The maximum atomic E-state index is 12.1. The van der Waals surface area contributed by atoms with Gasteiger partial charge in [-0.1, -0.05) is 29.8 Å². The number of carbonyl (C=O) groups excluding carboxylic acids is 1. The van der Waals surface area contributed by atoms with E-state index in [2.05, 4.69) is 5.32 Å². The number of nitrogens with one attached hydrogen (secondary N) is 1. The van der Waals surface area contributed by atoms with E-state index < -0.39 is 11.0 Å². The normalized spacial score (nSPS) is 11.5. The van der Waals surface area contributed by atoms with Crippen LogP contribution in [0.3, 0.4) is 0 Å². The number of anilines is 1. The third-order valence-corrected chi connectivity index (χ3v) is 3.05. The molecule has 0 aliphatic rings. The number of ether oxygens (including phenoxy) is 1. The molecule has 0 aliphatic carbocycles. The second-order valence-corrected chi connectivity index (χ2v) is 4.84. The highest BCUT2D eigenvalue weighted by molar-refractivity contribution is 5.94. The highest BCUT2D eigenvalue weighted by Gasteiger charge is 2.20. The Labute approximate surface area is 127 Å². The number of nitrogens with zero attached hydrogens (tertiary/aromatic N) is 1. The molecule has 6 nitrogen and oxygen atoms in total. The van der Waals surface area contributed by atoms with Crippen molar-refractivity contribution in [3.8, 4) is 5.75 Å². The molecule has 0 unspecified atom stereocenters. The fourth-order valence-electron chi connectivity index (χ4n) is 1.83. The number of para-hydroxylation sites is 2. The van der Waals surface area contributed by atoms with E-state index in [1.807, 2.05) is 19.1 Å². The zero-order chi connectivity index (χ0) is 16.1. The Bertz CT molecular complexity index is 683. The van der Waals surface area contributed by atoms with Crippen molar-refractivity contribution in [2.24, 2.45) is 0 Å². The smallest absolute Gasteiger partial charge is 0.310 e. The Morgan fingerprint density at radius 2 is 1.82 bits per heavy atom. The summed E-state index contributed by atoms with van der Waals surface area (Å²) in [7, 11) is 0. The van der Waals surface area contributed by atoms with E-state index in [0.717, 1.165) is 5.56 Å². The fourth-order valence-corrected chi connectivity index (χ4v) is 1.83. The van der Waals surface area contributed by atoms with Crippen LogP contribution in [0.5, 0.6) is 5.75 Å². The summed E-state index contributed by atoms with van der Waals surface area (Å²) in [5.74, 6) is -0.305. The number of hydrogen-bond acceptors (Lipinski definition) is 4. The lowest BCUT2D eigenvalue weighted by molar-refractivity contribution is -0.386. The number of aryl methyl sites for hydroxylation is 1. The van der Waals surface area contributed by atoms with Crippen molar-refractivity contribution < 1.29 is 14.5 Å². The molecule has 0 spiro atoms. The molecule has 0 saturated carbocycles. The summed E-state index contributed by atoms with van der Waals surface area (Å²) in [6.45, 7) is 3.49. The molecule has 22 heavy (non-hydrogen) atoms. The van der Waals surface area contributed by atoms with Crippen molar-refractivity contribution >= 4 is 17.3 Å². The number of rotatable bonds is 5. The van der Waals surface area contributed by atoms with Gasteiger partial charge in [-0.3, -0.25) is 14.9 Å². The average Bonchev–Trinajstić information content (AvgIpc) is 2.49. The Hall–Kier alpha value is -2.89. The number of amides is 1. The molecular weight excluding hydrogens is 284 g/mol. The highest BCUT2D eigenvalue weighted by Crippen LogP contribution is 2.27. The average molecular weight is 300 g/mol. The number of nitro benzene ring substituents is 1. The Morgan fingerprint density at radius 1 is 1.18 bits per heavy atom. The van der Waals surface area contributed by atoms with Gasteiger partial charge in [0.15, 0.2) is 11.9 Å². The van der Waals surface area contributed by atoms with Crippen molar-refractivity contribution in [1.29, 1.82) is 0 Å². The van der Waals surface area contributed by atoms with Crippen molar-refractivity contribution in [3.05, 3.63) is 64.2 Å². The maximum absolute atomic E-state index is 12.1. The maximum Gasteiger partial charge on any atom is 0.310 e. The van der Waals surface area contributed by atoms with Gasteiger partial charge in [0.2, 0.25) is 0 Å². The van der Waals surface area contributed by atoms with Crippen LogP contribution in [0.2, 0.25) is 0 Å². The second-order valence-electron chi connectivity index (χ2n) is 4.84. The predicted octanol–water partition coefficient (Wildman–Crippen LogP) is 3.31. The molecule has 6 heteroatoms. The van der Waals surface area contributed by atoms with E-state index >= 15 is 0 Å². The predicted molar refractivity (Wildman–Crippen MR) is 83.0 cm³/mol. The van der Waals surface area contributed by atoms with Crippen molar-refractivity contribution in [1.82, 2.24) is 0 Å². The molecule has 2 aromatic carbocycles. The molecule has 0 aromatic heterocycles. The summed E-state index contributed by atoms with van der Waals surface area (Å²) in [6, 6.07) is 13.3. The quantitative estimate of drug-likeness (QED) is 0.678. The van der Waals surface area contributed by atoms with Gasteiger partial charge in [-0.15, -0.1) is 0 Å². The molecule has 1 atom stereocenters. The molecule has 0 aliphatic heterocycles. The zero-order valence-corrected chi connectivity index (χ0v) is 12.3. The van der Waals surface area contributed by atoms with Crippen LogP contribution in [0.15, 0.2) is 48.5 Å².